The van der Waals surface area contributed by atoms with Crippen LogP contribution in [0.1, 0.15) is 10.4 Å². The van der Waals surface area contributed by atoms with Crippen molar-refractivity contribution in [2.24, 2.45) is 5.11 Å². The number of aromatic amines is 1. The number of carbonyl (C=O) groups excluding carboxylic acids is 1. The van der Waals surface area contributed by atoms with Crippen LogP contribution < -0.4 is 0 Å². The molecule has 1 N–H and O–H groups in total. The maximum absolute atomic E-state index is 10.7. The SMILES string of the molecule is [N-]=[N+]=NC(=O)c1cc[nH]c1. The predicted octanol–water partition coefficient (Wildman–Crippen LogP) is 1.47. The van der Waals surface area contributed by atoms with Crippen molar-refractivity contribution in [1.29, 1.82) is 0 Å². The minimum absolute atomic E-state index is 0.373. The number of hydrogen-bond acceptors (Lipinski definition) is 1. The molecule has 1 amide bonds. The van der Waals surface area contributed by atoms with E-state index in [4.69, 9.17) is 5.53 Å². The van der Waals surface area contributed by atoms with Crippen molar-refractivity contribution in [2.75, 3.05) is 0 Å². The summed E-state index contributed by atoms with van der Waals surface area (Å²) in [5.74, 6) is -0.566. The minimum Gasteiger partial charge on any atom is -0.367 e. The van der Waals surface area contributed by atoms with Gasteiger partial charge in [0.2, 0.25) is 0 Å². The molecule has 0 radical (unpaired) electrons. The van der Waals surface area contributed by atoms with Gasteiger partial charge in [0.15, 0.2) is 0 Å². The molecular weight excluding hydrogens is 132 g/mol. The molecule has 50 valence electrons. The fourth-order valence-electron chi connectivity index (χ4n) is 0.555. The first-order chi connectivity index (χ1) is 4.84. The zero-order chi connectivity index (χ0) is 7.40. The van der Waals surface area contributed by atoms with Crippen LogP contribution in [-0.2, 0) is 0 Å². The summed E-state index contributed by atoms with van der Waals surface area (Å²) in [5, 5.41) is 2.89. The average molecular weight is 136 g/mol. The van der Waals surface area contributed by atoms with Gasteiger partial charge in [-0.3, -0.25) is 4.79 Å². The highest BCUT2D eigenvalue weighted by Gasteiger charge is 2.00. The molecule has 0 aliphatic heterocycles. The summed E-state index contributed by atoms with van der Waals surface area (Å²) in [4.78, 5) is 15.7. The second kappa shape index (κ2) is 2.70. The molecule has 0 bridgehead atoms. The molecule has 1 aromatic heterocycles. The van der Waals surface area contributed by atoms with Crippen LogP contribution >= 0.6 is 0 Å². The normalized spacial score (nSPS) is 8.40. The maximum Gasteiger partial charge on any atom is 0.250 e. The first-order valence-electron chi connectivity index (χ1n) is 2.57. The molecule has 0 aliphatic rings. The summed E-state index contributed by atoms with van der Waals surface area (Å²) in [6, 6.07) is 1.54. The number of carbonyl (C=O) groups is 1. The van der Waals surface area contributed by atoms with Crippen LogP contribution in [0.15, 0.2) is 23.6 Å². The lowest BCUT2D eigenvalue weighted by Crippen LogP contribution is -1.88. The molecule has 10 heavy (non-hydrogen) atoms. The van der Waals surface area contributed by atoms with Crippen LogP contribution in [0, 0.1) is 0 Å². The lowest BCUT2D eigenvalue weighted by Gasteiger charge is -1.80. The summed E-state index contributed by atoms with van der Waals surface area (Å²) < 4.78 is 0. The second-order valence-electron chi connectivity index (χ2n) is 1.59. The van der Waals surface area contributed by atoms with Gasteiger partial charge in [0, 0.05) is 22.9 Å². The molecular formula is C5H4N4O. The highest BCUT2D eigenvalue weighted by molar-refractivity contribution is 5.94. The number of H-pyrrole nitrogens is 1. The van der Waals surface area contributed by atoms with E-state index in [9.17, 15) is 4.79 Å². The van der Waals surface area contributed by atoms with Crippen molar-refractivity contribution < 1.29 is 4.79 Å². The Morgan fingerprint density at radius 2 is 2.60 bits per heavy atom. The molecule has 0 fully saturated rings. The molecule has 0 aromatic carbocycles. The Labute approximate surface area is 56.3 Å². The van der Waals surface area contributed by atoms with Gasteiger partial charge in [0.1, 0.15) is 0 Å². The molecule has 5 heteroatoms. The van der Waals surface area contributed by atoms with E-state index >= 15 is 0 Å². The Kier molecular flexibility index (Phi) is 1.72. The largest absolute Gasteiger partial charge is 0.367 e. The Bertz CT molecular complexity index is 270. The molecule has 5 nitrogen and oxygen atoms in total. The van der Waals surface area contributed by atoms with E-state index in [0.29, 0.717) is 5.56 Å². The number of amides is 1. The topological polar surface area (TPSA) is 81.6 Å². The van der Waals surface area contributed by atoms with E-state index in [-0.39, 0.29) is 0 Å². The molecule has 0 saturated heterocycles. The molecule has 1 rings (SSSR count). The Balaban J connectivity index is 2.87. The standard InChI is InChI=1S/C5H4N4O/c6-9-8-5(10)4-1-2-7-3-4/h1-3,7H. The van der Waals surface area contributed by atoms with Gasteiger partial charge >= 0.3 is 0 Å². The van der Waals surface area contributed by atoms with Crippen LogP contribution in [0.25, 0.3) is 10.4 Å². The smallest absolute Gasteiger partial charge is 0.250 e. The van der Waals surface area contributed by atoms with E-state index in [2.05, 4.69) is 15.0 Å². The Morgan fingerprint density at radius 1 is 1.80 bits per heavy atom. The summed E-state index contributed by atoms with van der Waals surface area (Å²) in [7, 11) is 0. The number of azide groups is 1. The molecule has 0 aliphatic carbocycles. The zero-order valence-corrected chi connectivity index (χ0v) is 4.98. The third-order valence-electron chi connectivity index (χ3n) is 0.980. The van der Waals surface area contributed by atoms with E-state index in [1.807, 2.05) is 0 Å². The third-order valence-corrected chi connectivity index (χ3v) is 0.980. The van der Waals surface area contributed by atoms with Crippen molar-refractivity contribution in [3.05, 3.63) is 34.5 Å². The highest BCUT2D eigenvalue weighted by atomic mass is 16.1. The number of aromatic nitrogens is 1. The predicted molar refractivity (Wildman–Crippen MR) is 34.3 cm³/mol. The maximum atomic E-state index is 10.7. The van der Waals surface area contributed by atoms with Gasteiger partial charge < -0.3 is 4.98 Å². The molecule has 0 spiro atoms. The van der Waals surface area contributed by atoms with Crippen molar-refractivity contribution in [2.45, 2.75) is 0 Å². The van der Waals surface area contributed by atoms with Gasteiger partial charge in [-0.1, -0.05) is 0 Å². The zero-order valence-electron chi connectivity index (χ0n) is 4.98. The lowest BCUT2D eigenvalue weighted by molar-refractivity contribution is 0.100. The molecule has 1 aromatic rings. The van der Waals surface area contributed by atoms with Gasteiger partial charge in [-0.2, -0.15) is 0 Å². The number of hydrogen-bond donors (Lipinski definition) is 1. The van der Waals surface area contributed by atoms with Crippen LogP contribution in [-0.4, -0.2) is 10.9 Å². The first-order valence-corrected chi connectivity index (χ1v) is 2.57. The molecule has 0 saturated carbocycles. The van der Waals surface area contributed by atoms with Crippen LogP contribution in [0.3, 0.4) is 0 Å². The molecule has 0 atom stereocenters. The quantitative estimate of drug-likeness (QED) is 0.354. The summed E-state index contributed by atoms with van der Waals surface area (Å²) in [6.07, 6.45) is 3.05. The van der Waals surface area contributed by atoms with Gasteiger partial charge in [-0.25, -0.2) is 0 Å². The Hall–Kier alpha value is -1.74. The fourth-order valence-corrected chi connectivity index (χ4v) is 0.555. The first kappa shape index (κ1) is 6.38. The monoisotopic (exact) mass is 136 g/mol. The van der Waals surface area contributed by atoms with Crippen LogP contribution in [0.2, 0.25) is 0 Å². The second-order valence-corrected chi connectivity index (χ2v) is 1.59. The number of rotatable bonds is 1. The van der Waals surface area contributed by atoms with Crippen molar-refractivity contribution >= 4 is 5.91 Å². The van der Waals surface area contributed by atoms with E-state index in [1.54, 1.807) is 6.20 Å². The van der Waals surface area contributed by atoms with Crippen molar-refractivity contribution in [1.82, 2.24) is 4.98 Å². The van der Waals surface area contributed by atoms with Gasteiger partial charge in [0.05, 0.1) is 0 Å². The van der Waals surface area contributed by atoms with Crippen molar-refractivity contribution in [3.63, 3.8) is 0 Å². The molecule has 1 heterocycles. The van der Waals surface area contributed by atoms with Gasteiger partial charge in [0.25, 0.3) is 5.91 Å². The fraction of sp³-hybridized carbons (Fsp3) is 0. The van der Waals surface area contributed by atoms with E-state index in [1.165, 1.54) is 12.3 Å². The highest BCUT2D eigenvalue weighted by Crippen LogP contribution is 1.98. The van der Waals surface area contributed by atoms with Crippen molar-refractivity contribution in [3.8, 4) is 0 Å². The number of nitrogens with zero attached hydrogens (tertiary/aromatic N) is 3. The van der Waals surface area contributed by atoms with Crippen LogP contribution in [0.4, 0.5) is 0 Å². The summed E-state index contributed by atoms with van der Waals surface area (Å²) in [6.45, 7) is 0. The van der Waals surface area contributed by atoms with E-state index < -0.39 is 5.91 Å². The third kappa shape index (κ3) is 1.15. The van der Waals surface area contributed by atoms with Gasteiger partial charge in [-0.15, -0.1) is 0 Å². The van der Waals surface area contributed by atoms with Gasteiger partial charge in [-0.05, 0) is 16.7 Å². The molecule has 0 unspecified atom stereocenters. The van der Waals surface area contributed by atoms with Crippen LogP contribution in [0.5, 0.6) is 0 Å². The van der Waals surface area contributed by atoms with E-state index in [0.717, 1.165) is 0 Å². The number of nitrogens with one attached hydrogen (secondary N) is 1. The average Bonchev–Trinajstić information content (AvgIpc) is 2.38. The lowest BCUT2D eigenvalue weighted by atomic mass is 10.3. The minimum atomic E-state index is -0.566. The Morgan fingerprint density at radius 3 is 3.10 bits per heavy atom. The summed E-state index contributed by atoms with van der Waals surface area (Å²) >= 11 is 0. The summed E-state index contributed by atoms with van der Waals surface area (Å²) in [5.41, 5.74) is 8.24.